The van der Waals surface area contributed by atoms with Crippen LogP contribution in [0, 0.1) is 0 Å². The minimum absolute atomic E-state index is 0.0924. The molecular formula is C25H34N6O4. The van der Waals surface area contributed by atoms with E-state index >= 15 is 0 Å². The molecule has 0 bridgehead atoms. The van der Waals surface area contributed by atoms with Crippen LogP contribution in [0.15, 0.2) is 25.0 Å². The minimum Gasteiger partial charge on any atom is -0.488 e. The summed E-state index contributed by atoms with van der Waals surface area (Å²) in [7, 11) is 3.52. The lowest BCUT2D eigenvalue weighted by molar-refractivity contribution is -0.0367. The van der Waals surface area contributed by atoms with E-state index in [1.54, 1.807) is 24.0 Å². The zero-order chi connectivity index (χ0) is 25.2. The number of amides is 1. The first-order valence-corrected chi connectivity index (χ1v) is 11.9. The molecule has 1 saturated heterocycles. The summed E-state index contributed by atoms with van der Waals surface area (Å²) in [6.07, 6.45) is 7.84. The summed E-state index contributed by atoms with van der Waals surface area (Å²) >= 11 is 0. The van der Waals surface area contributed by atoms with E-state index in [4.69, 9.17) is 24.3 Å². The van der Waals surface area contributed by atoms with Crippen LogP contribution in [-0.4, -0.2) is 67.9 Å². The fourth-order valence-electron chi connectivity index (χ4n) is 4.01. The predicted molar refractivity (Wildman–Crippen MR) is 133 cm³/mol. The molecule has 1 aliphatic rings. The van der Waals surface area contributed by atoms with Gasteiger partial charge in [-0.15, -0.1) is 0 Å². The van der Waals surface area contributed by atoms with Crippen molar-refractivity contribution in [3.05, 3.63) is 30.7 Å². The summed E-state index contributed by atoms with van der Waals surface area (Å²) in [5.74, 6) is 0.583. The van der Waals surface area contributed by atoms with Gasteiger partial charge in [0, 0.05) is 26.1 Å². The molecule has 10 nitrogen and oxygen atoms in total. The van der Waals surface area contributed by atoms with Gasteiger partial charge in [0.1, 0.15) is 17.9 Å². The largest absolute Gasteiger partial charge is 0.488 e. The zero-order valence-corrected chi connectivity index (χ0v) is 21.2. The monoisotopic (exact) mass is 482 g/mol. The lowest BCUT2D eigenvalue weighted by Crippen LogP contribution is -2.36. The zero-order valence-electron chi connectivity index (χ0n) is 21.2. The Morgan fingerprint density at radius 1 is 1.34 bits per heavy atom. The van der Waals surface area contributed by atoms with Crippen molar-refractivity contribution in [3.63, 3.8) is 0 Å². The van der Waals surface area contributed by atoms with Gasteiger partial charge in [-0.1, -0.05) is 6.58 Å². The van der Waals surface area contributed by atoms with Crippen LogP contribution < -0.4 is 4.74 Å². The molecule has 0 saturated carbocycles. The fraction of sp³-hybridized carbons (Fsp3) is 0.520. The molecule has 1 amide bonds. The molecule has 1 fully saturated rings. The van der Waals surface area contributed by atoms with Gasteiger partial charge in [0.05, 0.1) is 35.8 Å². The average molecular weight is 483 g/mol. The Morgan fingerprint density at radius 2 is 2.14 bits per heavy atom. The van der Waals surface area contributed by atoms with Crippen molar-refractivity contribution in [1.29, 1.82) is 0 Å². The van der Waals surface area contributed by atoms with E-state index in [1.807, 2.05) is 44.8 Å². The number of hydrogen-bond donors (Lipinski definition) is 0. The molecule has 4 rings (SSSR count). The molecule has 3 aromatic rings. The highest BCUT2D eigenvalue weighted by atomic mass is 16.6. The minimum atomic E-state index is -0.547. The number of nitrogens with zero attached hydrogens (tertiary/aromatic N) is 6. The van der Waals surface area contributed by atoms with Crippen LogP contribution in [-0.2, 0) is 16.5 Å². The van der Waals surface area contributed by atoms with Crippen LogP contribution in [0.3, 0.4) is 0 Å². The number of pyridine rings is 1. The number of carbonyl (C=O) groups excluding carboxylic acids is 1. The Morgan fingerprint density at radius 3 is 2.83 bits per heavy atom. The van der Waals surface area contributed by atoms with E-state index < -0.39 is 11.7 Å². The van der Waals surface area contributed by atoms with Crippen molar-refractivity contribution in [3.8, 4) is 17.1 Å². The third-order valence-electron chi connectivity index (χ3n) is 5.78. The first-order chi connectivity index (χ1) is 16.7. The molecule has 4 heterocycles. The number of aryl methyl sites for hydroxylation is 1. The van der Waals surface area contributed by atoms with Crippen LogP contribution in [0.25, 0.3) is 28.4 Å². The van der Waals surface area contributed by atoms with Gasteiger partial charge >= 0.3 is 6.09 Å². The predicted octanol–water partition coefficient (Wildman–Crippen LogP) is 4.42. The van der Waals surface area contributed by atoms with E-state index in [1.165, 1.54) is 4.90 Å². The molecule has 1 aliphatic heterocycles. The molecule has 0 N–H and O–H groups in total. The van der Waals surface area contributed by atoms with Crippen LogP contribution >= 0.6 is 0 Å². The smallest absolute Gasteiger partial charge is 0.410 e. The highest BCUT2D eigenvalue weighted by Gasteiger charge is 2.23. The number of aromatic nitrogens is 5. The van der Waals surface area contributed by atoms with Crippen LogP contribution in [0.2, 0.25) is 0 Å². The van der Waals surface area contributed by atoms with Gasteiger partial charge in [-0.3, -0.25) is 9.67 Å². The molecule has 0 aromatic carbocycles. The summed E-state index contributed by atoms with van der Waals surface area (Å²) in [5.41, 5.74) is 2.58. The Kier molecular flexibility index (Phi) is 7.11. The van der Waals surface area contributed by atoms with E-state index in [9.17, 15) is 4.79 Å². The second kappa shape index (κ2) is 10.1. The van der Waals surface area contributed by atoms with Gasteiger partial charge in [0.2, 0.25) is 0 Å². The normalized spacial score (nSPS) is 16.3. The van der Waals surface area contributed by atoms with Crippen molar-refractivity contribution >= 4 is 23.1 Å². The van der Waals surface area contributed by atoms with Gasteiger partial charge in [-0.2, -0.15) is 10.2 Å². The van der Waals surface area contributed by atoms with Crippen molar-refractivity contribution in [2.24, 2.45) is 7.05 Å². The molecule has 0 spiro atoms. The first kappa shape index (κ1) is 24.7. The number of rotatable bonds is 7. The SMILES string of the molecule is C=Cc1nn(C2CCCCO2)c2cnc(-c3c(OCCN(C)C(=O)OC(C)(C)C)cnn3C)cc12. The lowest BCUT2D eigenvalue weighted by atomic mass is 10.1. The van der Waals surface area contributed by atoms with E-state index in [0.717, 1.165) is 48.2 Å². The van der Waals surface area contributed by atoms with Gasteiger partial charge in [-0.25, -0.2) is 9.48 Å². The van der Waals surface area contributed by atoms with Crippen molar-refractivity contribution < 1.29 is 19.0 Å². The van der Waals surface area contributed by atoms with Crippen LogP contribution in [0.5, 0.6) is 5.75 Å². The highest BCUT2D eigenvalue weighted by molar-refractivity contribution is 5.89. The molecule has 3 aromatic heterocycles. The molecular weight excluding hydrogens is 448 g/mol. The Hall–Kier alpha value is -3.40. The number of carbonyl (C=O) groups is 1. The average Bonchev–Trinajstić information content (AvgIpc) is 3.38. The fourth-order valence-corrected chi connectivity index (χ4v) is 4.01. The molecule has 188 valence electrons. The molecule has 0 radical (unpaired) electrons. The summed E-state index contributed by atoms with van der Waals surface area (Å²) in [6, 6.07) is 1.98. The van der Waals surface area contributed by atoms with E-state index in [2.05, 4.69) is 11.7 Å². The summed E-state index contributed by atoms with van der Waals surface area (Å²) < 4.78 is 21.0. The van der Waals surface area contributed by atoms with Gasteiger partial charge < -0.3 is 19.1 Å². The quantitative estimate of drug-likeness (QED) is 0.492. The number of hydrogen-bond acceptors (Lipinski definition) is 7. The maximum absolute atomic E-state index is 12.2. The third-order valence-corrected chi connectivity index (χ3v) is 5.78. The third kappa shape index (κ3) is 5.48. The lowest BCUT2D eigenvalue weighted by Gasteiger charge is -2.24. The standard InChI is InChI=1S/C25H34N6O4/c1-7-18-17-14-19(26-15-20(17)31(28-18)22-10-8-9-12-34-22)23-21(16-27-30(23)6)33-13-11-29(5)24(32)35-25(2,3)4/h7,14-16,22H,1,8-13H2,2-6H3. The second-order valence-corrected chi connectivity index (χ2v) is 9.67. The number of ether oxygens (including phenoxy) is 3. The van der Waals surface area contributed by atoms with Crippen LogP contribution in [0.1, 0.15) is 52.0 Å². The second-order valence-electron chi connectivity index (χ2n) is 9.67. The molecule has 0 aliphatic carbocycles. The molecule has 10 heteroatoms. The topological polar surface area (TPSA) is 96.5 Å². The van der Waals surface area contributed by atoms with Gasteiger partial charge in [0.15, 0.2) is 12.0 Å². The first-order valence-electron chi connectivity index (χ1n) is 11.9. The van der Waals surface area contributed by atoms with E-state index in [0.29, 0.717) is 18.0 Å². The Bertz CT molecular complexity index is 1200. The Balaban J connectivity index is 1.54. The summed E-state index contributed by atoms with van der Waals surface area (Å²) in [6.45, 7) is 10.8. The van der Waals surface area contributed by atoms with E-state index in [-0.39, 0.29) is 12.8 Å². The maximum atomic E-state index is 12.2. The van der Waals surface area contributed by atoms with Crippen molar-refractivity contribution in [1.82, 2.24) is 29.4 Å². The van der Waals surface area contributed by atoms with Crippen molar-refractivity contribution in [2.75, 3.05) is 26.8 Å². The summed E-state index contributed by atoms with van der Waals surface area (Å²) in [4.78, 5) is 18.4. The summed E-state index contributed by atoms with van der Waals surface area (Å²) in [5, 5.41) is 10.0. The molecule has 35 heavy (non-hydrogen) atoms. The molecule has 1 atom stereocenters. The van der Waals surface area contributed by atoms with Crippen LogP contribution in [0.4, 0.5) is 4.79 Å². The van der Waals surface area contributed by atoms with Gasteiger partial charge in [0.25, 0.3) is 0 Å². The number of likely N-dealkylation sites (N-methyl/N-ethyl adjacent to an activating group) is 1. The highest BCUT2D eigenvalue weighted by Crippen LogP contribution is 2.33. The number of fused-ring (bicyclic) bond motifs is 1. The van der Waals surface area contributed by atoms with Crippen molar-refractivity contribution in [2.45, 2.75) is 51.9 Å². The molecule has 1 unspecified atom stereocenters. The van der Waals surface area contributed by atoms with Gasteiger partial charge in [-0.05, 0) is 52.2 Å². The maximum Gasteiger partial charge on any atom is 0.410 e. The Labute approximate surface area is 205 Å².